The number of carbonyl (C=O) groups is 2. The summed E-state index contributed by atoms with van der Waals surface area (Å²) in [6.45, 7) is 0.286. The fourth-order valence-electron chi connectivity index (χ4n) is 1.32. The molecule has 0 aliphatic carbocycles. The SMILES string of the molecule is CNC(=O)CCNC(=O)c1cc(Br)cnc1NC. The molecule has 7 heteroatoms. The molecule has 0 aromatic carbocycles. The van der Waals surface area contributed by atoms with Gasteiger partial charge in [-0.3, -0.25) is 9.59 Å². The van der Waals surface area contributed by atoms with E-state index >= 15 is 0 Å². The van der Waals surface area contributed by atoms with E-state index in [-0.39, 0.29) is 24.8 Å². The maximum Gasteiger partial charge on any atom is 0.255 e. The van der Waals surface area contributed by atoms with Gasteiger partial charge in [0, 0.05) is 37.7 Å². The quantitative estimate of drug-likeness (QED) is 0.749. The molecule has 1 aromatic heterocycles. The van der Waals surface area contributed by atoms with E-state index in [0.717, 1.165) is 4.47 Å². The van der Waals surface area contributed by atoms with Crippen LogP contribution in [0.3, 0.4) is 0 Å². The van der Waals surface area contributed by atoms with Crippen molar-refractivity contribution < 1.29 is 9.59 Å². The number of rotatable bonds is 5. The third-order valence-corrected chi connectivity index (χ3v) is 2.69. The van der Waals surface area contributed by atoms with Gasteiger partial charge in [0.1, 0.15) is 5.82 Å². The number of nitrogens with one attached hydrogen (secondary N) is 3. The number of amides is 2. The van der Waals surface area contributed by atoms with Crippen LogP contribution in [0.25, 0.3) is 0 Å². The molecule has 1 heterocycles. The zero-order valence-electron chi connectivity index (χ0n) is 10.2. The van der Waals surface area contributed by atoms with Gasteiger partial charge in [-0.05, 0) is 22.0 Å². The zero-order chi connectivity index (χ0) is 13.5. The first-order chi connectivity index (χ1) is 8.58. The minimum absolute atomic E-state index is 0.114. The Morgan fingerprint density at radius 2 is 2.11 bits per heavy atom. The Kier molecular flexibility index (Phi) is 5.57. The van der Waals surface area contributed by atoms with E-state index in [1.54, 1.807) is 26.4 Å². The molecule has 3 N–H and O–H groups in total. The lowest BCUT2D eigenvalue weighted by atomic mass is 10.2. The number of pyridine rings is 1. The van der Waals surface area contributed by atoms with Crippen molar-refractivity contribution in [2.45, 2.75) is 6.42 Å². The molecule has 98 valence electrons. The monoisotopic (exact) mass is 314 g/mol. The summed E-state index contributed by atoms with van der Waals surface area (Å²) >= 11 is 3.26. The van der Waals surface area contributed by atoms with Gasteiger partial charge in [0.15, 0.2) is 0 Å². The second-order valence-corrected chi connectivity index (χ2v) is 4.39. The van der Waals surface area contributed by atoms with Crippen LogP contribution in [0.4, 0.5) is 5.82 Å². The molecule has 0 radical (unpaired) electrons. The van der Waals surface area contributed by atoms with Gasteiger partial charge in [0.25, 0.3) is 5.91 Å². The molecule has 1 aromatic rings. The number of hydrogen-bond acceptors (Lipinski definition) is 4. The van der Waals surface area contributed by atoms with Gasteiger partial charge in [-0.15, -0.1) is 0 Å². The van der Waals surface area contributed by atoms with Crippen molar-refractivity contribution in [3.05, 3.63) is 22.3 Å². The number of anilines is 1. The summed E-state index contributed by atoms with van der Waals surface area (Å²) in [5.74, 6) is 0.115. The summed E-state index contributed by atoms with van der Waals surface area (Å²) in [7, 11) is 3.25. The van der Waals surface area contributed by atoms with Crippen molar-refractivity contribution >= 4 is 33.6 Å². The molecule has 2 amide bonds. The molecular weight excluding hydrogens is 300 g/mol. The summed E-state index contributed by atoms with van der Waals surface area (Å²) in [4.78, 5) is 27.0. The molecule has 6 nitrogen and oxygen atoms in total. The highest BCUT2D eigenvalue weighted by Gasteiger charge is 2.12. The van der Waals surface area contributed by atoms with Crippen molar-refractivity contribution in [1.82, 2.24) is 15.6 Å². The summed E-state index contributed by atoms with van der Waals surface area (Å²) in [6, 6.07) is 1.67. The van der Waals surface area contributed by atoms with E-state index in [0.29, 0.717) is 11.4 Å². The standard InChI is InChI=1S/C11H15BrN4O2/c1-13-9(17)3-4-15-11(18)8-5-7(12)6-16-10(8)14-2/h5-6H,3-4H2,1-2H3,(H,13,17)(H,14,16)(H,15,18). The number of hydrogen-bond donors (Lipinski definition) is 3. The van der Waals surface area contributed by atoms with E-state index in [9.17, 15) is 9.59 Å². The summed E-state index contributed by atoms with van der Waals surface area (Å²) in [5.41, 5.74) is 0.434. The Morgan fingerprint density at radius 1 is 1.39 bits per heavy atom. The lowest BCUT2D eigenvalue weighted by molar-refractivity contribution is -0.120. The summed E-state index contributed by atoms with van der Waals surface area (Å²) in [6.07, 6.45) is 1.85. The normalized spacial score (nSPS) is 9.72. The van der Waals surface area contributed by atoms with Gasteiger partial charge in [-0.1, -0.05) is 0 Å². The molecule has 0 saturated heterocycles. The Morgan fingerprint density at radius 3 is 2.72 bits per heavy atom. The largest absolute Gasteiger partial charge is 0.372 e. The minimum Gasteiger partial charge on any atom is -0.372 e. The van der Waals surface area contributed by atoms with Crippen LogP contribution in [0, 0.1) is 0 Å². The van der Waals surface area contributed by atoms with E-state index in [2.05, 4.69) is 36.9 Å². The molecule has 1 rings (SSSR count). The van der Waals surface area contributed by atoms with Crippen molar-refractivity contribution in [3.63, 3.8) is 0 Å². The highest BCUT2D eigenvalue weighted by atomic mass is 79.9. The van der Waals surface area contributed by atoms with Gasteiger partial charge < -0.3 is 16.0 Å². The van der Waals surface area contributed by atoms with Gasteiger partial charge in [0.2, 0.25) is 5.91 Å². The van der Waals surface area contributed by atoms with Gasteiger partial charge in [-0.2, -0.15) is 0 Å². The van der Waals surface area contributed by atoms with E-state index in [4.69, 9.17) is 0 Å². The first-order valence-corrected chi connectivity index (χ1v) is 6.20. The average Bonchev–Trinajstić information content (AvgIpc) is 2.38. The molecule has 0 aliphatic rings. The van der Waals surface area contributed by atoms with E-state index in [1.807, 2.05) is 0 Å². The van der Waals surface area contributed by atoms with Crippen LogP contribution >= 0.6 is 15.9 Å². The van der Waals surface area contributed by atoms with E-state index < -0.39 is 0 Å². The molecule has 18 heavy (non-hydrogen) atoms. The van der Waals surface area contributed by atoms with Gasteiger partial charge in [0.05, 0.1) is 5.56 Å². The van der Waals surface area contributed by atoms with Crippen molar-refractivity contribution in [2.75, 3.05) is 26.0 Å². The fraction of sp³-hybridized carbons (Fsp3) is 0.364. The van der Waals surface area contributed by atoms with Crippen LogP contribution < -0.4 is 16.0 Å². The third-order valence-electron chi connectivity index (χ3n) is 2.25. The average molecular weight is 315 g/mol. The second-order valence-electron chi connectivity index (χ2n) is 3.48. The minimum atomic E-state index is -0.267. The molecule has 0 aliphatic heterocycles. The van der Waals surface area contributed by atoms with Crippen LogP contribution in [0.1, 0.15) is 16.8 Å². The lowest BCUT2D eigenvalue weighted by Gasteiger charge is -2.09. The molecule has 0 atom stereocenters. The Labute approximate surface area is 114 Å². The zero-order valence-corrected chi connectivity index (χ0v) is 11.8. The molecule has 0 fully saturated rings. The predicted octanol–water partition coefficient (Wildman–Crippen LogP) is 0.752. The van der Waals surface area contributed by atoms with Crippen molar-refractivity contribution in [1.29, 1.82) is 0 Å². The maximum atomic E-state index is 11.9. The summed E-state index contributed by atoms with van der Waals surface area (Å²) < 4.78 is 0.720. The number of nitrogens with zero attached hydrogens (tertiary/aromatic N) is 1. The van der Waals surface area contributed by atoms with Gasteiger partial charge in [-0.25, -0.2) is 4.98 Å². The van der Waals surface area contributed by atoms with Crippen LogP contribution in [-0.4, -0.2) is 37.4 Å². The first kappa shape index (κ1) is 14.4. The van der Waals surface area contributed by atoms with Gasteiger partial charge >= 0.3 is 0 Å². The number of carbonyl (C=O) groups excluding carboxylic acids is 2. The predicted molar refractivity (Wildman–Crippen MR) is 72.5 cm³/mol. The highest BCUT2D eigenvalue weighted by Crippen LogP contribution is 2.17. The van der Waals surface area contributed by atoms with Crippen LogP contribution in [0.5, 0.6) is 0 Å². The smallest absolute Gasteiger partial charge is 0.255 e. The van der Waals surface area contributed by atoms with Crippen LogP contribution in [0.2, 0.25) is 0 Å². The van der Waals surface area contributed by atoms with E-state index in [1.165, 1.54) is 0 Å². The topological polar surface area (TPSA) is 83.1 Å². The van der Waals surface area contributed by atoms with Crippen LogP contribution in [0.15, 0.2) is 16.7 Å². The molecule has 0 bridgehead atoms. The molecule has 0 spiro atoms. The number of halogens is 1. The Hall–Kier alpha value is -1.63. The maximum absolute atomic E-state index is 11.9. The fourth-order valence-corrected chi connectivity index (χ4v) is 1.65. The molecular formula is C11H15BrN4O2. The molecule has 0 saturated carbocycles. The van der Waals surface area contributed by atoms with Crippen molar-refractivity contribution in [3.8, 4) is 0 Å². The Bertz CT molecular complexity index is 451. The third kappa shape index (κ3) is 3.99. The number of aromatic nitrogens is 1. The first-order valence-electron chi connectivity index (χ1n) is 5.40. The summed E-state index contributed by atoms with van der Waals surface area (Å²) in [5, 5.41) is 8.00. The van der Waals surface area contributed by atoms with Crippen LogP contribution in [-0.2, 0) is 4.79 Å². The molecule has 0 unspecified atom stereocenters. The van der Waals surface area contributed by atoms with Crippen molar-refractivity contribution in [2.24, 2.45) is 0 Å². The second kappa shape index (κ2) is 6.95. The Balaban J connectivity index is 2.66. The highest BCUT2D eigenvalue weighted by molar-refractivity contribution is 9.10. The lowest BCUT2D eigenvalue weighted by Crippen LogP contribution is -2.29.